The van der Waals surface area contributed by atoms with Crippen LogP contribution in [0.3, 0.4) is 0 Å². The van der Waals surface area contributed by atoms with Crippen molar-refractivity contribution in [3.8, 4) is 0 Å². The number of hydrogen-bond donors (Lipinski definition) is 1. The Morgan fingerprint density at radius 2 is 1.93 bits per heavy atom. The fourth-order valence-corrected chi connectivity index (χ4v) is 4.11. The highest BCUT2D eigenvalue weighted by Gasteiger charge is 2.74. The number of nitrogens with zero attached hydrogens (tertiary/aromatic N) is 3. The molecule has 0 saturated heterocycles. The van der Waals surface area contributed by atoms with Gasteiger partial charge in [-0.25, -0.2) is 23.1 Å². The summed E-state index contributed by atoms with van der Waals surface area (Å²) in [6.45, 7) is -0.640. The van der Waals surface area contributed by atoms with E-state index in [2.05, 4.69) is 15.3 Å². The number of alkyl halides is 2. The number of carbonyl (C=O) groups excluding carboxylic acids is 2. The van der Waals surface area contributed by atoms with Gasteiger partial charge in [-0.3, -0.25) is 14.9 Å². The Morgan fingerprint density at radius 1 is 1.24 bits per heavy atom. The largest absolute Gasteiger partial charge is 0.328 e. The van der Waals surface area contributed by atoms with E-state index in [9.17, 15) is 22.8 Å². The molecule has 1 N–H and O–H groups in total. The SMILES string of the molecule is O=C(CN1C[C@]2(CC2(F)F)c2cc(C3CC3)ccc2C1=O)Nc1ncc(F)cn1. The van der Waals surface area contributed by atoms with Crippen molar-refractivity contribution in [1.82, 2.24) is 14.9 Å². The van der Waals surface area contributed by atoms with E-state index in [1.807, 2.05) is 6.07 Å². The molecule has 2 heterocycles. The average molecular weight is 402 g/mol. The van der Waals surface area contributed by atoms with E-state index in [1.54, 1.807) is 12.1 Å². The number of fused-ring (bicyclic) bond motifs is 2. The third-order valence-electron chi connectivity index (χ3n) is 5.89. The number of hydrogen-bond acceptors (Lipinski definition) is 4. The van der Waals surface area contributed by atoms with Crippen molar-refractivity contribution in [2.24, 2.45) is 0 Å². The molecule has 0 radical (unpaired) electrons. The summed E-state index contributed by atoms with van der Waals surface area (Å²) >= 11 is 0. The van der Waals surface area contributed by atoms with Gasteiger partial charge in [0.15, 0.2) is 5.82 Å². The van der Waals surface area contributed by atoms with Crippen molar-refractivity contribution >= 4 is 17.8 Å². The topological polar surface area (TPSA) is 75.2 Å². The van der Waals surface area contributed by atoms with Gasteiger partial charge >= 0.3 is 0 Å². The third kappa shape index (κ3) is 2.95. The summed E-state index contributed by atoms with van der Waals surface area (Å²) in [5.74, 6) is -4.40. The average Bonchev–Trinajstić information content (AvgIpc) is 3.59. The highest BCUT2D eigenvalue weighted by Crippen LogP contribution is 2.64. The van der Waals surface area contributed by atoms with Crippen molar-refractivity contribution in [3.63, 3.8) is 0 Å². The van der Waals surface area contributed by atoms with Crippen molar-refractivity contribution in [3.05, 3.63) is 53.1 Å². The Labute approximate surface area is 164 Å². The standard InChI is InChI=1S/C20H17F3N4O2/c21-13-6-24-18(25-7-13)26-16(28)8-27-10-19(9-20(19,22)23)15-5-12(11-1-2-11)3-4-14(15)17(27)29/h3-7,11H,1-2,8-10H2,(H,24,25,26,28)/t19-/m1/s1. The van der Waals surface area contributed by atoms with Crippen LogP contribution in [0.1, 0.15) is 46.7 Å². The second kappa shape index (κ2) is 6.01. The molecule has 150 valence electrons. The normalized spacial score (nSPS) is 24.4. The summed E-state index contributed by atoms with van der Waals surface area (Å²) in [6.07, 6.45) is 3.51. The number of nitrogens with one attached hydrogen (secondary N) is 1. The number of benzene rings is 1. The molecule has 5 rings (SSSR count). The minimum atomic E-state index is -2.92. The van der Waals surface area contributed by atoms with Crippen LogP contribution in [0.25, 0.3) is 0 Å². The maximum atomic E-state index is 14.4. The summed E-state index contributed by atoms with van der Waals surface area (Å²) in [5.41, 5.74) is 0.186. The molecule has 6 nitrogen and oxygen atoms in total. The molecule has 29 heavy (non-hydrogen) atoms. The first-order chi connectivity index (χ1) is 13.8. The van der Waals surface area contributed by atoms with Crippen molar-refractivity contribution in [2.75, 3.05) is 18.4 Å². The molecule has 2 aliphatic carbocycles. The van der Waals surface area contributed by atoms with Crippen molar-refractivity contribution in [2.45, 2.75) is 36.5 Å². The van der Waals surface area contributed by atoms with Gasteiger partial charge < -0.3 is 4.90 Å². The Balaban J connectivity index is 1.40. The molecular formula is C20H17F3N4O2. The van der Waals surface area contributed by atoms with Gasteiger partial charge in [-0.15, -0.1) is 0 Å². The van der Waals surface area contributed by atoms with Gasteiger partial charge in [0, 0.05) is 18.5 Å². The lowest BCUT2D eigenvalue weighted by atomic mass is 9.84. The van der Waals surface area contributed by atoms with Crippen LogP contribution in [-0.2, 0) is 10.2 Å². The molecule has 0 bridgehead atoms. The quantitative estimate of drug-likeness (QED) is 0.854. The molecule has 2 saturated carbocycles. The Hall–Kier alpha value is -2.97. The highest BCUT2D eigenvalue weighted by molar-refractivity contribution is 6.01. The fourth-order valence-electron chi connectivity index (χ4n) is 4.11. The minimum absolute atomic E-state index is 0.123. The molecule has 2 amide bonds. The van der Waals surface area contributed by atoms with Gasteiger partial charge in [-0.05, 0) is 36.0 Å². The summed E-state index contributed by atoms with van der Waals surface area (Å²) in [7, 11) is 0. The molecule has 1 aromatic carbocycles. The molecule has 3 aliphatic rings. The zero-order chi connectivity index (χ0) is 20.4. The molecule has 1 aliphatic heterocycles. The lowest BCUT2D eigenvalue weighted by Crippen LogP contribution is -2.48. The first kappa shape index (κ1) is 18.1. The van der Waals surface area contributed by atoms with Gasteiger partial charge in [0.05, 0.1) is 17.8 Å². The summed E-state index contributed by atoms with van der Waals surface area (Å²) in [6, 6.07) is 5.18. The Kier molecular flexibility index (Phi) is 3.75. The van der Waals surface area contributed by atoms with E-state index in [0.29, 0.717) is 11.5 Å². The minimum Gasteiger partial charge on any atom is -0.328 e. The molecular weight excluding hydrogens is 385 g/mol. The molecule has 1 spiro atoms. The van der Waals surface area contributed by atoms with Crippen LogP contribution in [0.4, 0.5) is 19.1 Å². The predicted octanol–water partition coefficient (Wildman–Crippen LogP) is 2.86. The van der Waals surface area contributed by atoms with E-state index >= 15 is 0 Å². The third-order valence-corrected chi connectivity index (χ3v) is 5.89. The lowest BCUT2D eigenvalue weighted by Gasteiger charge is -2.34. The molecule has 0 unspecified atom stereocenters. The van der Waals surface area contributed by atoms with Crippen LogP contribution >= 0.6 is 0 Å². The summed E-state index contributed by atoms with van der Waals surface area (Å²) < 4.78 is 41.7. The molecule has 9 heteroatoms. The fraction of sp³-hybridized carbons (Fsp3) is 0.400. The maximum absolute atomic E-state index is 14.4. The Morgan fingerprint density at radius 3 is 2.55 bits per heavy atom. The van der Waals surface area contributed by atoms with Gasteiger partial charge in [0.1, 0.15) is 6.54 Å². The molecule has 1 aromatic heterocycles. The van der Waals surface area contributed by atoms with Gasteiger partial charge in [0.2, 0.25) is 11.9 Å². The van der Waals surface area contributed by atoms with Gasteiger partial charge in [-0.2, -0.15) is 0 Å². The van der Waals surface area contributed by atoms with Crippen LogP contribution in [0, 0.1) is 5.82 Å². The van der Waals surface area contributed by atoms with E-state index < -0.39 is 35.5 Å². The smallest absolute Gasteiger partial charge is 0.260 e. The number of amides is 2. The molecule has 2 aromatic rings. The van der Waals surface area contributed by atoms with Crippen LogP contribution in [0.2, 0.25) is 0 Å². The number of aromatic nitrogens is 2. The van der Waals surface area contributed by atoms with Crippen LogP contribution in [0.5, 0.6) is 0 Å². The molecule has 2 fully saturated rings. The number of halogens is 3. The van der Waals surface area contributed by atoms with E-state index in [-0.39, 0.29) is 24.5 Å². The van der Waals surface area contributed by atoms with Gasteiger partial charge in [-0.1, -0.05) is 12.1 Å². The van der Waals surface area contributed by atoms with E-state index in [4.69, 9.17) is 0 Å². The second-order valence-electron chi connectivity index (χ2n) is 7.98. The zero-order valence-corrected chi connectivity index (χ0v) is 15.3. The highest BCUT2D eigenvalue weighted by atomic mass is 19.3. The monoisotopic (exact) mass is 402 g/mol. The van der Waals surface area contributed by atoms with Crippen LogP contribution in [0.15, 0.2) is 30.6 Å². The second-order valence-corrected chi connectivity index (χ2v) is 7.98. The lowest BCUT2D eigenvalue weighted by molar-refractivity contribution is -0.117. The number of rotatable bonds is 4. The summed E-state index contributed by atoms with van der Waals surface area (Å²) in [4.78, 5) is 33.6. The number of anilines is 1. The maximum Gasteiger partial charge on any atom is 0.260 e. The number of carbonyl (C=O) groups is 2. The van der Waals surface area contributed by atoms with Crippen LogP contribution in [-0.4, -0.2) is 45.7 Å². The van der Waals surface area contributed by atoms with Crippen LogP contribution < -0.4 is 5.32 Å². The predicted molar refractivity (Wildman–Crippen MR) is 96.2 cm³/mol. The first-order valence-electron chi connectivity index (χ1n) is 9.38. The van der Waals surface area contributed by atoms with E-state index in [0.717, 1.165) is 35.7 Å². The van der Waals surface area contributed by atoms with Gasteiger partial charge in [0.25, 0.3) is 11.8 Å². The summed E-state index contributed by atoms with van der Waals surface area (Å²) in [5, 5.41) is 2.35. The van der Waals surface area contributed by atoms with Crippen molar-refractivity contribution in [1.29, 1.82) is 0 Å². The van der Waals surface area contributed by atoms with Crippen molar-refractivity contribution < 1.29 is 22.8 Å². The Bertz CT molecular complexity index is 1020. The first-order valence-corrected chi connectivity index (χ1v) is 9.38. The zero-order valence-electron chi connectivity index (χ0n) is 15.3. The van der Waals surface area contributed by atoms with E-state index in [1.165, 1.54) is 0 Å². The molecule has 1 atom stereocenters.